The smallest absolute Gasteiger partial charge is 0.244 e. The minimum absolute atomic E-state index is 0.0334. The van der Waals surface area contributed by atoms with Crippen molar-refractivity contribution in [3.63, 3.8) is 0 Å². The van der Waals surface area contributed by atoms with Crippen LogP contribution in [0.3, 0.4) is 0 Å². The molecule has 1 N–H and O–H groups in total. The van der Waals surface area contributed by atoms with Crippen LogP contribution in [-0.4, -0.2) is 15.5 Å². The van der Waals surface area contributed by atoms with Gasteiger partial charge in [-0.15, -0.1) is 0 Å². The molecule has 0 spiro atoms. The highest BCUT2D eigenvalue weighted by Crippen LogP contribution is 2.27. The van der Waals surface area contributed by atoms with Gasteiger partial charge in [0.1, 0.15) is 10.6 Å². The number of methoxy groups -OCH3 is 1. The summed E-state index contributed by atoms with van der Waals surface area (Å²) in [7, 11) is -2.28. The first-order valence-electron chi connectivity index (χ1n) is 6.32. The summed E-state index contributed by atoms with van der Waals surface area (Å²) >= 11 is 5.87. The lowest BCUT2D eigenvalue weighted by Gasteiger charge is -2.12. The molecule has 0 amide bonds. The number of sulfonamides is 1. The number of hydrogen-bond donors (Lipinski definition) is 1. The number of halogens is 1. The van der Waals surface area contributed by atoms with Crippen LogP contribution in [0, 0.1) is 6.92 Å². The lowest BCUT2D eigenvalue weighted by molar-refractivity contribution is 0.402. The molecular formula is C15H16ClNO3S. The molecule has 0 atom stereocenters. The number of nitrogens with one attached hydrogen (secondary N) is 1. The largest absolute Gasteiger partial charge is 0.495 e. The zero-order chi connectivity index (χ0) is 15.5. The van der Waals surface area contributed by atoms with Gasteiger partial charge >= 0.3 is 0 Å². The van der Waals surface area contributed by atoms with E-state index in [4.69, 9.17) is 16.3 Å². The van der Waals surface area contributed by atoms with Crippen LogP contribution in [0.4, 0.5) is 0 Å². The van der Waals surface area contributed by atoms with Gasteiger partial charge in [0.05, 0.1) is 7.11 Å². The minimum Gasteiger partial charge on any atom is -0.495 e. The van der Waals surface area contributed by atoms with Crippen LogP contribution in [0.25, 0.3) is 0 Å². The Labute approximate surface area is 129 Å². The first-order valence-corrected chi connectivity index (χ1v) is 8.18. The zero-order valence-electron chi connectivity index (χ0n) is 11.8. The number of ether oxygens (including phenoxy) is 1. The molecule has 2 aromatic carbocycles. The van der Waals surface area contributed by atoms with Gasteiger partial charge in [-0.1, -0.05) is 35.9 Å². The summed E-state index contributed by atoms with van der Waals surface area (Å²) in [6.07, 6.45) is 0. The number of hydrogen-bond acceptors (Lipinski definition) is 3. The fraction of sp³-hybridized carbons (Fsp3) is 0.200. The van der Waals surface area contributed by atoms with E-state index < -0.39 is 10.0 Å². The summed E-state index contributed by atoms with van der Waals surface area (Å²) in [5.74, 6) is 0.261. The van der Waals surface area contributed by atoms with E-state index in [1.807, 2.05) is 31.2 Å². The Kier molecular flexibility index (Phi) is 4.88. The van der Waals surface area contributed by atoms with Gasteiger partial charge in [0.2, 0.25) is 10.0 Å². The van der Waals surface area contributed by atoms with E-state index in [0.29, 0.717) is 5.02 Å². The lowest BCUT2D eigenvalue weighted by atomic mass is 10.1. The van der Waals surface area contributed by atoms with Crippen molar-refractivity contribution in [2.45, 2.75) is 18.4 Å². The first-order chi connectivity index (χ1) is 9.94. The molecule has 0 unspecified atom stereocenters. The van der Waals surface area contributed by atoms with Gasteiger partial charge in [0, 0.05) is 11.6 Å². The zero-order valence-corrected chi connectivity index (χ0v) is 13.3. The molecule has 0 aliphatic heterocycles. The van der Waals surface area contributed by atoms with E-state index in [2.05, 4.69) is 4.72 Å². The maximum Gasteiger partial charge on any atom is 0.244 e. The fourth-order valence-corrected chi connectivity index (χ4v) is 3.36. The standard InChI is InChI=1S/C15H16ClNO3S/c1-11-5-3-4-6-12(11)10-17-21(18,19)15-9-13(16)7-8-14(15)20-2/h3-9,17H,10H2,1-2H3. The number of benzene rings is 2. The third kappa shape index (κ3) is 3.75. The van der Waals surface area contributed by atoms with Crippen LogP contribution in [0.15, 0.2) is 47.4 Å². The van der Waals surface area contributed by atoms with Gasteiger partial charge in [-0.3, -0.25) is 0 Å². The van der Waals surface area contributed by atoms with E-state index in [0.717, 1.165) is 11.1 Å². The van der Waals surface area contributed by atoms with E-state index in [-0.39, 0.29) is 17.2 Å². The summed E-state index contributed by atoms with van der Waals surface area (Å²) in [5.41, 5.74) is 1.94. The molecule has 4 nitrogen and oxygen atoms in total. The summed E-state index contributed by atoms with van der Waals surface area (Å²) in [5, 5.41) is 0.340. The Morgan fingerprint density at radius 1 is 1.19 bits per heavy atom. The fourth-order valence-electron chi connectivity index (χ4n) is 1.92. The Morgan fingerprint density at radius 3 is 2.57 bits per heavy atom. The van der Waals surface area contributed by atoms with Crippen molar-refractivity contribution in [2.75, 3.05) is 7.11 Å². The maximum absolute atomic E-state index is 12.4. The topological polar surface area (TPSA) is 55.4 Å². The Morgan fingerprint density at radius 2 is 1.90 bits per heavy atom. The summed E-state index contributed by atoms with van der Waals surface area (Å²) in [4.78, 5) is 0.0334. The molecule has 2 aromatic rings. The second-order valence-electron chi connectivity index (χ2n) is 4.55. The molecule has 6 heteroatoms. The van der Waals surface area contributed by atoms with E-state index >= 15 is 0 Å². The highest BCUT2D eigenvalue weighted by Gasteiger charge is 2.19. The highest BCUT2D eigenvalue weighted by atomic mass is 35.5. The van der Waals surface area contributed by atoms with Crippen molar-refractivity contribution < 1.29 is 13.2 Å². The van der Waals surface area contributed by atoms with E-state index in [1.54, 1.807) is 6.07 Å². The second-order valence-corrected chi connectivity index (χ2v) is 6.72. The van der Waals surface area contributed by atoms with Crippen LogP contribution < -0.4 is 9.46 Å². The molecule has 0 aliphatic rings. The molecule has 112 valence electrons. The van der Waals surface area contributed by atoms with Crippen LogP contribution in [-0.2, 0) is 16.6 Å². The second kappa shape index (κ2) is 6.47. The minimum atomic E-state index is -3.70. The monoisotopic (exact) mass is 325 g/mol. The lowest BCUT2D eigenvalue weighted by Crippen LogP contribution is -2.24. The third-order valence-corrected chi connectivity index (χ3v) is 4.79. The van der Waals surface area contributed by atoms with Gasteiger partial charge in [0.25, 0.3) is 0 Å². The molecule has 0 radical (unpaired) electrons. The van der Waals surface area contributed by atoms with Crippen LogP contribution in [0.1, 0.15) is 11.1 Å². The predicted molar refractivity (Wildman–Crippen MR) is 83.2 cm³/mol. The van der Waals surface area contributed by atoms with Crippen LogP contribution in [0.5, 0.6) is 5.75 Å². The molecule has 0 fully saturated rings. The van der Waals surface area contributed by atoms with Crippen molar-refractivity contribution in [3.05, 3.63) is 58.6 Å². The molecule has 0 heterocycles. The summed E-state index contributed by atoms with van der Waals surface area (Å²) in [6, 6.07) is 12.1. The molecule has 21 heavy (non-hydrogen) atoms. The average Bonchev–Trinajstić information content (AvgIpc) is 2.46. The molecule has 0 aromatic heterocycles. The van der Waals surface area contributed by atoms with Crippen molar-refractivity contribution in [2.24, 2.45) is 0 Å². The Bertz CT molecular complexity index is 744. The molecule has 0 aliphatic carbocycles. The van der Waals surface area contributed by atoms with E-state index in [1.165, 1.54) is 19.2 Å². The average molecular weight is 326 g/mol. The predicted octanol–water partition coefficient (Wildman–Crippen LogP) is 3.14. The highest BCUT2D eigenvalue weighted by molar-refractivity contribution is 7.89. The van der Waals surface area contributed by atoms with Crippen molar-refractivity contribution in [1.29, 1.82) is 0 Å². The van der Waals surface area contributed by atoms with Crippen LogP contribution in [0.2, 0.25) is 5.02 Å². The van der Waals surface area contributed by atoms with Gasteiger partial charge < -0.3 is 4.74 Å². The summed E-state index contributed by atoms with van der Waals surface area (Å²) in [6.45, 7) is 2.15. The Hall–Kier alpha value is -1.56. The SMILES string of the molecule is COc1ccc(Cl)cc1S(=O)(=O)NCc1ccccc1C. The molecule has 0 saturated carbocycles. The maximum atomic E-state index is 12.4. The van der Waals surface area contributed by atoms with Gasteiger partial charge in [-0.25, -0.2) is 13.1 Å². The Balaban J connectivity index is 2.27. The van der Waals surface area contributed by atoms with Crippen molar-refractivity contribution in [1.82, 2.24) is 4.72 Å². The number of rotatable bonds is 5. The normalized spacial score (nSPS) is 11.4. The molecule has 2 rings (SSSR count). The van der Waals surface area contributed by atoms with Gasteiger partial charge in [-0.05, 0) is 36.2 Å². The molecular weight excluding hydrogens is 310 g/mol. The van der Waals surface area contributed by atoms with Crippen LogP contribution >= 0.6 is 11.6 Å². The van der Waals surface area contributed by atoms with Gasteiger partial charge in [0.15, 0.2) is 0 Å². The number of aryl methyl sites for hydroxylation is 1. The molecule has 0 bridgehead atoms. The molecule has 0 saturated heterocycles. The van der Waals surface area contributed by atoms with E-state index in [9.17, 15) is 8.42 Å². The van der Waals surface area contributed by atoms with Gasteiger partial charge in [-0.2, -0.15) is 0 Å². The van der Waals surface area contributed by atoms with Crippen molar-refractivity contribution in [3.8, 4) is 5.75 Å². The van der Waals surface area contributed by atoms with Crippen molar-refractivity contribution >= 4 is 21.6 Å². The summed E-state index contributed by atoms with van der Waals surface area (Å²) < 4.78 is 32.5. The quantitative estimate of drug-likeness (QED) is 0.918. The third-order valence-electron chi connectivity index (χ3n) is 3.13. The first kappa shape index (κ1) is 15.8.